The zero-order valence-electron chi connectivity index (χ0n) is 31.6. The summed E-state index contributed by atoms with van der Waals surface area (Å²) in [4.78, 5) is 18.3. The SMILES string of the molecule is C1=Cc2nc1c(-c1ccccc1)c1ccc([nH]1)c(-c1ccccc1)c1nc(c(-c3ccccc3)c3ccc([nH]3)c2-c2ccccc2)C=C1.[Mn+2].[O-]B([O-])Oc1ccccc1. The van der Waals surface area contributed by atoms with Gasteiger partial charge in [0.05, 0.1) is 28.5 Å². The maximum Gasteiger partial charge on any atom is 2.00 e. The topological polar surface area (TPSA) is 113 Å². The fourth-order valence-corrected chi connectivity index (χ4v) is 7.45. The van der Waals surface area contributed by atoms with Crippen LogP contribution in [-0.4, -0.2) is 27.3 Å². The van der Waals surface area contributed by atoms with Crippen LogP contribution in [0.1, 0.15) is 22.8 Å². The van der Waals surface area contributed by atoms with Gasteiger partial charge < -0.3 is 24.7 Å². The number of hydrogen-bond acceptors (Lipinski definition) is 5. The van der Waals surface area contributed by atoms with Gasteiger partial charge in [-0.3, -0.25) is 0 Å². The van der Waals surface area contributed by atoms with Crippen molar-refractivity contribution in [2.24, 2.45) is 0 Å². The average Bonchev–Trinajstić information content (AvgIpc) is 4.11. The summed E-state index contributed by atoms with van der Waals surface area (Å²) in [5, 5.41) is 19.8. The number of rotatable bonds is 6. The Balaban J connectivity index is 0.000000388. The van der Waals surface area contributed by atoms with E-state index in [1.165, 1.54) is 0 Å². The predicted octanol–water partition coefficient (Wildman–Crippen LogP) is 10.1. The number of nitrogens with one attached hydrogen (secondary N) is 2. The molecular weight excluding hydrogens is 770 g/mol. The van der Waals surface area contributed by atoms with Crippen LogP contribution in [0.2, 0.25) is 0 Å². The first kappa shape index (κ1) is 38.9. The van der Waals surface area contributed by atoms with Gasteiger partial charge in [-0.25, -0.2) is 9.97 Å². The molecule has 8 bridgehead atoms. The Morgan fingerprint density at radius 2 is 0.610 bits per heavy atom. The summed E-state index contributed by atoms with van der Waals surface area (Å²) in [6.45, 7) is 0. The van der Waals surface area contributed by atoms with Crippen molar-refractivity contribution < 1.29 is 31.8 Å². The van der Waals surface area contributed by atoms with E-state index in [1.807, 2.05) is 24.3 Å². The molecule has 9 heteroatoms. The van der Waals surface area contributed by atoms with E-state index in [1.54, 1.807) is 30.3 Å². The molecule has 7 nitrogen and oxygen atoms in total. The second-order valence-corrected chi connectivity index (χ2v) is 13.7. The Hall–Kier alpha value is -7.00. The van der Waals surface area contributed by atoms with Gasteiger partial charge in [-0.2, -0.15) is 0 Å². The molecule has 8 aromatic rings. The van der Waals surface area contributed by atoms with Crippen molar-refractivity contribution >= 4 is 53.7 Å². The van der Waals surface area contributed by atoms with Crippen molar-refractivity contribution in [2.75, 3.05) is 0 Å². The first-order valence-electron chi connectivity index (χ1n) is 19.0. The minimum Gasteiger partial charge on any atom is -0.860 e. The summed E-state index contributed by atoms with van der Waals surface area (Å²) in [6.07, 6.45) is 8.54. The summed E-state index contributed by atoms with van der Waals surface area (Å²) in [6, 6.07) is 58.9. The van der Waals surface area contributed by atoms with E-state index < -0.39 is 7.32 Å². The van der Waals surface area contributed by atoms with E-state index in [2.05, 4.69) is 160 Å². The maximum atomic E-state index is 9.92. The molecule has 2 N–H and O–H groups in total. The number of H-pyrrole nitrogens is 2. The van der Waals surface area contributed by atoms with Crippen molar-refractivity contribution in [3.05, 3.63) is 199 Å². The Morgan fingerprint density at radius 3 is 0.864 bits per heavy atom. The summed E-state index contributed by atoms with van der Waals surface area (Å²) in [5.74, 6) is 0.317. The maximum absolute atomic E-state index is 9.92. The molecule has 0 spiro atoms. The molecule has 5 aromatic carbocycles. The standard InChI is InChI=1S/C44H30N4.C6H5BO3.Mn/c1-5-13-29(14-6-1)41-33-21-23-35(45-33)42(30-15-7-2-8-16-30)37-25-27-39(47-37)44(32-19-11-4-12-20-32)40-28-26-38(48-40)43(31-17-9-3-10-18-31)36-24-22-34(41)46-36;8-7(9)10-6-4-2-1-3-5-6;/h1-28,45,48H;1-5H;/q;-2;+2. The summed E-state index contributed by atoms with van der Waals surface area (Å²) >= 11 is 0. The Labute approximate surface area is 352 Å². The quantitative estimate of drug-likeness (QED) is 0.163. The van der Waals surface area contributed by atoms with E-state index in [9.17, 15) is 10.0 Å². The van der Waals surface area contributed by atoms with Crippen LogP contribution in [0.4, 0.5) is 0 Å². The number of benzene rings is 5. The number of para-hydroxylation sites is 1. The van der Waals surface area contributed by atoms with Crippen molar-refractivity contribution in [2.45, 2.75) is 0 Å². The molecule has 1 radical (unpaired) electrons. The fourth-order valence-electron chi connectivity index (χ4n) is 7.45. The van der Waals surface area contributed by atoms with Gasteiger partial charge in [0.2, 0.25) is 0 Å². The average molecular weight is 806 g/mol. The van der Waals surface area contributed by atoms with Crippen molar-refractivity contribution in [1.29, 1.82) is 0 Å². The predicted molar refractivity (Wildman–Crippen MR) is 233 cm³/mol. The third kappa shape index (κ3) is 8.37. The van der Waals surface area contributed by atoms with Crippen LogP contribution in [0.5, 0.6) is 5.75 Å². The first-order chi connectivity index (χ1) is 28.6. The second kappa shape index (κ2) is 17.6. The third-order valence-corrected chi connectivity index (χ3v) is 9.98. The van der Waals surface area contributed by atoms with E-state index in [0.29, 0.717) is 5.75 Å². The second-order valence-electron chi connectivity index (χ2n) is 13.7. The molecule has 5 heterocycles. The van der Waals surface area contributed by atoms with Crippen LogP contribution in [0, 0.1) is 0 Å². The molecule has 59 heavy (non-hydrogen) atoms. The van der Waals surface area contributed by atoms with Gasteiger partial charge in [-0.15, -0.1) is 0 Å². The molecule has 3 aromatic heterocycles. The summed E-state index contributed by atoms with van der Waals surface area (Å²) < 4.78 is 4.30. The van der Waals surface area contributed by atoms with Crippen molar-refractivity contribution in [1.82, 2.24) is 19.9 Å². The van der Waals surface area contributed by atoms with Gasteiger partial charge in [0.1, 0.15) is 7.32 Å². The smallest absolute Gasteiger partial charge is 0.860 e. The third-order valence-electron chi connectivity index (χ3n) is 9.98. The fraction of sp³-hybridized carbons (Fsp3) is 0. The minimum absolute atomic E-state index is 0. The molecular formula is C50H35BMnN4O3. The van der Waals surface area contributed by atoms with Crippen molar-refractivity contribution in [3.8, 4) is 50.3 Å². The van der Waals surface area contributed by atoms with Gasteiger partial charge in [0, 0.05) is 44.3 Å². The number of fused-ring (bicyclic) bond motifs is 8. The first-order valence-corrected chi connectivity index (χ1v) is 19.0. The molecule has 2 aliphatic rings. The van der Waals surface area contributed by atoms with Crippen LogP contribution in [0.25, 0.3) is 90.9 Å². The zero-order valence-corrected chi connectivity index (χ0v) is 32.8. The van der Waals surface area contributed by atoms with E-state index >= 15 is 0 Å². The van der Waals surface area contributed by atoms with Gasteiger partial charge in [-0.05, 0) is 83.0 Å². The molecule has 0 amide bonds. The zero-order chi connectivity index (χ0) is 39.3. The van der Waals surface area contributed by atoms with Gasteiger partial charge in [0.25, 0.3) is 0 Å². The molecule has 0 aliphatic carbocycles. The summed E-state index contributed by atoms with van der Waals surface area (Å²) in [7, 11) is -2.23. The van der Waals surface area contributed by atoms with Crippen LogP contribution in [0.15, 0.2) is 176 Å². The summed E-state index contributed by atoms with van der Waals surface area (Å²) in [5.41, 5.74) is 16.2. The van der Waals surface area contributed by atoms with Gasteiger partial charge in [0.15, 0.2) is 0 Å². The van der Waals surface area contributed by atoms with E-state index in [4.69, 9.17) is 9.97 Å². The van der Waals surface area contributed by atoms with Crippen LogP contribution < -0.4 is 14.7 Å². The van der Waals surface area contributed by atoms with Crippen LogP contribution in [-0.2, 0) is 17.1 Å². The largest absolute Gasteiger partial charge is 2.00 e. The molecule has 0 unspecified atom stereocenters. The number of aromatic nitrogens is 4. The van der Waals surface area contributed by atoms with E-state index in [-0.39, 0.29) is 17.1 Å². The molecule has 283 valence electrons. The van der Waals surface area contributed by atoms with Crippen LogP contribution in [0.3, 0.4) is 0 Å². The molecule has 0 atom stereocenters. The Kier molecular flexibility index (Phi) is 11.6. The number of nitrogens with zero attached hydrogens (tertiary/aromatic N) is 2. The molecule has 0 saturated carbocycles. The van der Waals surface area contributed by atoms with Gasteiger partial charge >= 0.3 is 17.1 Å². The van der Waals surface area contributed by atoms with E-state index in [0.717, 1.165) is 89.4 Å². The van der Waals surface area contributed by atoms with Crippen molar-refractivity contribution in [3.63, 3.8) is 0 Å². The monoisotopic (exact) mass is 805 g/mol. The molecule has 2 aliphatic heterocycles. The Morgan fingerprint density at radius 1 is 0.356 bits per heavy atom. The minimum atomic E-state index is -2.23. The Bertz CT molecular complexity index is 2590. The normalized spacial score (nSPS) is 11.3. The molecule has 0 fully saturated rings. The number of hydrogen-bond donors (Lipinski definition) is 2. The van der Waals surface area contributed by atoms with Crippen LogP contribution >= 0.6 is 0 Å². The molecule has 0 saturated heterocycles. The molecule has 10 rings (SSSR count). The van der Waals surface area contributed by atoms with Gasteiger partial charge in [-0.1, -0.05) is 140 Å². The number of aromatic amines is 2.